The Kier molecular flexibility index (Phi) is 3.76. The van der Waals surface area contributed by atoms with Gasteiger partial charge in [-0.25, -0.2) is 4.39 Å². The van der Waals surface area contributed by atoms with Crippen LogP contribution in [0.25, 0.3) is 0 Å². The molecule has 0 aliphatic carbocycles. The van der Waals surface area contributed by atoms with Crippen LogP contribution in [0.4, 0.5) is 4.39 Å². The maximum Gasteiger partial charge on any atom is 0.123 e. The van der Waals surface area contributed by atoms with Crippen molar-refractivity contribution in [3.8, 4) is 0 Å². The zero-order valence-electron chi connectivity index (χ0n) is 11.6. The zero-order valence-corrected chi connectivity index (χ0v) is 11.6. The topological polar surface area (TPSA) is 9.23 Å². The Morgan fingerprint density at radius 3 is 2.39 bits per heavy atom. The van der Waals surface area contributed by atoms with Gasteiger partial charge in [0.2, 0.25) is 0 Å². The van der Waals surface area contributed by atoms with Gasteiger partial charge in [0.25, 0.3) is 0 Å². The van der Waals surface area contributed by atoms with Crippen LogP contribution in [-0.4, -0.2) is 12.2 Å². The molecule has 1 aliphatic heterocycles. The fourth-order valence-electron chi connectivity index (χ4n) is 3.13. The number of rotatable bonds is 3. The van der Waals surface area contributed by atoms with Crippen molar-refractivity contribution in [3.05, 3.63) is 35.6 Å². The quantitative estimate of drug-likeness (QED) is 0.770. The molecule has 0 saturated carbocycles. The first-order chi connectivity index (χ1) is 8.53. The van der Waals surface area contributed by atoms with Gasteiger partial charge in [0, 0.05) is 6.61 Å². The van der Waals surface area contributed by atoms with Crippen LogP contribution >= 0.6 is 0 Å². The van der Waals surface area contributed by atoms with E-state index in [-0.39, 0.29) is 16.8 Å². The largest absolute Gasteiger partial charge is 0.375 e. The van der Waals surface area contributed by atoms with Crippen LogP contribution in [-0.2, 0) is 10.2 Å². The predicted octanol–water partition coefficient (Wildman–Crippen LogP) is 4.45. The molecule has 0 spiro atoms. The molecule has 1 saturated heterocycles. The number of ether oxygens (including phenoxy) is 1. The summed E-state index contributed by atoms with van der Waals surface area (Å²) in [4.78, 5) is 0. The molecular formula is C16H23FO. The molecule has 2 heteroatoms. The van der Waals surface area contributed by atoms with Gasteiger partial charge in [-0.15, -0.1) is 0 Å². The van der Waals surface area contributed by atoms with Crippen LogP contribution in [0.1, 0.15) is 52.0 Å². The predicted molar refractivity (Wildman–Crippen MR) is 72.3 cm³/mol. The second-order valence-electron chi connectivity index (χ2n) is 5.72. The Balaban J connectivity index is 2.33. The first kappa shape index (κ1) is 13.5. The lowest BCUT2D eigenvalue weighted by Gasteiger charge is -2.46. The second kappa shape index (κ2) is 5.00. The van der Waals surface area contributed by atoms with E-state index in [4.69, 9.17) is 4.74 Å². The molecular weight excluding hydrogens is 227 g/mol. The average molecular weight is 250 g/mol. The van der Waals surface area contributed by atoms with E-state index in [1.165, 1.54) is 5.56 Å². The summed E-state index contributed by atoms with van der Waals surface area (Å²) in [6.45, 7) is 7.40. The van der Waals surface area contributed by atoms with E-state index in [1.54, 1.807) is 12.1 Å². The van der Waals surface area contributed by atoms with Gasteiger partial charge < -0.3 is 4.74 Å². The fourth-order valence-corrected chi connectivity index (χ4v) is 3.13. The van der Waals surface area contributed by atoms with Crippen LogP contribution in [0.15, 0.2) is 24.3 Å². The van der Waals surface area contributed by atoms with Gasteiger partial charge in [-0.1, -0.05) is 26.0 Å². The lowest BCUT2D eigenvalue weighted by molar-refractivity contribution is -0.0973. The molecule has 2 unspecified atom stereocenters. The Labute approximate surface area is 109 Å². The molecule has 1 aromatic rings. The number of halogens is 1. The molecule has 0 radical (unpaired) electrons. The van der Waals surface area contributed by atoms with Crippen molar-refractivity contribution in [1.82, 2.24) is 0 Å². The molecule has 1 aliphatic rings. The minimum Gasteiger partial charge on any atom is -0.375 e. The van der Waals surface area contributed by atoms with Crippen molar-refractivity contribution in [2.24, 2.45) is 0 Å². The summed E-state index contributed by atoms with van der Waals surface area (Å²) < 4.78 is 19.0. The van der Waals surface area contributed by atoms with E-state index in [9.17, 15) is 4.39 Å². The maximum absolute atomic E-state index is 13.1. The normalized spacial score (nSPS) is 32.4. The van der Waals surface area contributed by atoms with Crippen molar-refractivity contribution in [1.29, 1.82) is 0 Å². The highest BCUT2D eigenvalue weighted by molar-refractivity contribution is 5.27. The summed E-state index contributed by atoms with van der Waals surface area (Å²) >= 11 is 0. The minimum atomic E-state index is -0.157. The van der Waals surface area contributed by atoms with Crippen LogP contribution in [0, 0.1) is 5.82 Å². The molecule has 0 N–H and O–H groups in total. The third-order valence-corrected chi connectivity index (χ3v) is 4.62. The number of hydrogen-bond acceptors (Lipinski definition) is 1. The standard InChI is InChI=1S/C16H23FO/c1-4-15(3)12-16(5-2,10-11-18-15)13-6-8-14(17)9-7-13/h6-9H,4-5,10-12H2,1-3H3. The molecule has 0 bridgehead atoms. The zero-order chi connectivity index (χ0) is 13.2. The first-order valence-corrected chi connectivity index (χ1v) is 6.94. The van der Waals surface area contributed by atoms with Gasteiger partial charge in [0.05, 0.1) is 5.60 Å². The van der Waals surface area contributed by atoms with E-state index in [2.05, 4.69) is 20.8 Å². The van der Waals surface area contributed by atoms with E-state index in [1.807, 2.05) is 12.1 Å². The van der Waals surface area contributed by atoms with Crippen molar-refractivity contribution < 1.29 is 9.13 Å². The van der Waals surface area contributed by atoms with E-state index in [0.717, 1.165) is 32.3 Å². The van der Waals surface area contributed by atoms with Crippen molar-refractivity contribution in [2.45, 2.75) is 57.5 Å². The lowest BCUT2D eigenvalue weighted by atomic mass is 9.67. The molecule has 2 rings (SSSR count). The summed E-state index contributed by atoms with van der Waals surface area (Å²) in [7, 11) is 0. The SMILES string of the molecule is CCC1(C)CC(CC)(c2ccc(F)cc2)CCO1. The summed E-state index contributed by atoms with van der Waals surface area (Å²) in [5, 5.41) is 0. The molecule has 0 aromatic heterocycles. The third kappa shape index (κ3) is 2.44. The van der Waals surface area contributed by atoms with Gasteiger partial charge in [0.1, 0.15) is 5.82 Å². The Bertz CT molecular complexity index is 400. The van der Waals surface area contributed by atoms with Crippen molar-refractivity contribution in [3.63, 3.8) is 0 Å². The van der Waals surface area contributed by atoms with Gasteiger partial charge in [0.15, 0.2) is 0 Å². The van der Waals surface area contributed by atoms with E-state index >= 15 is 0 Å². The summed E-state index contributed by atoms with van der Waals surface area (Å²) in [5.41, 5.74) is 1.37. The highest BCUT2D eigenvalue weighted by Crippen LogP contribution is 2.45. The Morgan fingerprint density at radius 1 is 1.17 bits per heavy atom. The molecule has 0 amide bonds. The van der Waals surface area contributed by atoms with Gasteiger partial charge in [-0.3, -0.25) is 0 Å². The van der Waals surface area contributed by atoms with Crippen LogP contribution in [0.2, 0.25) is 0 Å². The van der Waals surface area contributed by atoms with Crippen LogP contribution < -0.4 is 0 Å². The van der Waals surface area contributed by atoms with Gasteiger partial charge >= 0.3 is 0 Å². The van der Waals surface area contributed by atoms with Gasteiger partial charge in [-0.05, 0) is 55.7 Å². The number of benzene rings is 1. The van der Waals surface area contributed by atoms with Crippen molar-refractivity contribution >= 4 is 0 Å². The summed E-state index contributed by atoms with van der Waals surface area (Å²) in [6.07, 6.45) is 4.16. The van der Waals surface area contributed by atoms with E-state index in [0.29, 0.717) is 0 Å². The van der Waals surface area contributed by atoms with Crippen molar-refractivity contribution in [2.75, 3.05) is 6.61 Å². The fraction of sp³-hybridized carbons (Fsp3) is 0.625. The minimum absolute atomic E-state index is 0.0390. The molecule has 18 heavy (non-hydrogen) atoms. The molecule has 1 aromatic carbocycles. The van der Waals surface area contributed by atoms with Crippen LogP contribution in [0.3, 0.4) is 0 Å². The highest BCUT2D eigenvalue weighted by Gasteiger charge is 2.42. The molecule has 1 nitrogen and oxygen atoms in total. The summed E-state index contributed by atoms with van der Waals surface area (Å²) in [5.74, 6) is -0.157. The maximum atomic E-state index is 13.1. The molecule has 1 fully saturated rings. The average Bonchev–Trinajstić information content (AvgIpc) is 2.39. The van der Waals surface area contributed by atoms with Gasteiger partial charge in [-0.2, -0.15) is 0 Å². The number of hydrogen-bond donors (Lipinski definition) is 0. The Hall–Kier alpha value is -0.890. The second-order valence-corrected chi connectivity index (χ2v) is 5.72. The third-order valence-electron chi connectivity index (χ3n) is 4.62. The molecule has 2 atom stereocenters. The van der Waals surface area contributed by atoms with E-state index < -0.39 is 0 Å². The first-order valence-electron chi connectivity index (χ1n) is 6.94. The van der Waals surface area contributed by atoms with Crippen LogP contribution in [0.5, 0.6) is 0 Å². The molecule has 100 valence electrons. The monoisotopic (exact) mass is 250 g/mol. The summed E-state index contributed by atoms with van der Waals surface area (Å²) in [6, 6.07) is 7.04. The smallest absolute Gasteiger partial charge is 0.123 e. The lowest BCUT2D eigenvalue weighted by Crippen LogP contribution is -2.45. The molecule has 1 heterocycles. The highest BCUT2D eigenvalue weighted by atomic mass is 19.1. The Morgan fingerprint density at radius 2 is 1.83 bits per heavy atom.